The number of anilines is 3. The third-order valence-corrected chi connectivity index (χ3v) is 7.85. The average molecular weight is 474 g/mol. The molecule has 8 nitrogen and oxygen atoms in total. The molecule has 0 aliphatic carbocycles. The van der Waals surface area contributed by atoms with Crippen LogP contribution in [0.4, 0.5) is 17.1 Å². The van der Waals surface area contributed by atoms with Crippen LogP contribution in [0, 0.1) is 0 Å². The summed E-state index contributed by atoms with van der Waals surface area (Å²) in [4.78, 5) is 25.1. The van der Waals surface area contributed by atoms with Gasteiger partial charge in [0.2, 0.25) is 5.91 Å². The highest BCUT2D eigenvalue weighted by molar-refractivity contribution is 7.94. The normalized spacial score (nSPS) is 11.0. The number of benzene rings is 2. The van der Waals surface area contributed by atoms with Gasteiger partial charge in [-0.15, -0.1) is 11.3 Å². The predicted octanol–water partition coefficient (Wildman–Crippen LogP) is 3.57. The number of thiophene rings is 1. The molecule has 2 amide bonds. The average Bonchev–Trinajstić information content (AvgIpc) is 3.33. The SMILES string of the molecule is CC(=O)N(C)c1ccc(NC(=O)COc2ccc(N(C)S(=O)(=O)c3cccs3)cc2)cc1. The zero-order chi connectivity index (χ0) is 23.3. The van der Waals surface area contributed by atoms with Gasteiger partial charge in [0, 0.05) is 32.4 Å². The molecule has 32 heavy (non-hydrogen) atoms. The first-order chi connectivity index (χ1) is 15.2. The van der Waals surface area contributed by atoms with Crippen molar-refractivity contribution in [2.24, 2.45) is 0 Å². The highest BCUT2D eigenvalue weighted by atomic mass is 32.2. The van der Waals surface area contributed by atoms with E-state index in [2.05, 4.69) is 5.32 Å². The number of nitrogens with one attached hydrogen (secondary N) is 1. The molecule has 2 aromatic carbocycles. The minimum Gasteiger partial charge on any atom is -0.484 e. The van der Waals surface area contributed by atoms with Crippen molar-refractivity contribution in [3.8, 4) is 5.75 Å². The van der Waals surface area contributed by atoms with Crippen molar-refractivity contribution >= 4 is 50.2 Å². The van der Waals surface area contributed by atoms with Crippen molar-refractivity contribution in [3.63, 3.8) is 0 Å². The largest absolute Gasteiger partial charge is 0.484 e. The maximum absolute atomic E-state index is 12.6. The van der Waals surface area contributed by atoms with Crippen LogP contribution in [-0.2, 0) is 19.6 Å². The maximum atomic E-state index is 12.6. The van der Waals surface area contributed by atoms with E-state index in [0.717, 1.165) is 17.0 Å². The van der Waals surface area contributed by atoms with E-state index in [1.165, 1.54) is 23.2 Å². The Bertz CT molecular complexity index is 1180. The number of rotatable bonds is 8. The van der Waals surface area contributed by atoms with Crippen molar-refractivity contribution < 1.29 is 22.7 Å². The van der Waals surface area contributed by atoms with Crippen LogP contribution >= 0.6 is 11.3 Å². The molecule has 0 fully saturated rings. The van der Waals surface area contributed by atoms with Gasteiger partial charge in [-0.25, -0.2) is 8.42 Å². The molecule has 0 spiro atoms. The molecule has 0 aliphatic heterocycles. The minimum atomic E-state index is -3.61. The van der Waals surface area contributed by atoms with Gasteiger partial charge in [0.1, 0.15) is 9.96 Å². The molecule has 10 heteroatoms. The molecule has 1 heterocycles. The first-order valence-electron chi connectivity index (χ1n) is 9.58. The van der Waals surface area contributed by atoms with Crippen molar-refractivity contribution in [3.05, 3.63) is 66.0 Å². The second-order valence-corrected chi connectivity index (χ2v) is 10.0. The van der Waals surface area contributed by atoms with Crippen LogP contribution in [0.15, 0.2) is 70.3 Å². The second kappa shape index (κ2) is 9.84. The first kappa shape index (κ1) is 23.3. The summed E-state index contributed by atoms with van der Waals surface area (Å²) in [5, 5.41) is 4.43. The number of sulfonamides is 1. The summed E-state index contributed by atoms with van der Waals surface area (Å²) in [5.41, 5.74) is 1.78. The molecule has 1 N–H and O–H groups in total. The number of carbonyl (C=O) groups is 2. The molecule has 0 aliphatic rings. The monoisotopic (exact) mass is 473 g/mol. The smallest absolute Gasteiger partial charge is 0.273 e. The number of hydrogen-bond acceptors (Lipinski definition) is 6. The van der Waals surface area contributed by atoms with Crippen molar-refractivity contribution in [1.29, 1.82) is 0 Å². The number of ether oxygens (including phenoxy) is 1. The molecule has 0 unspecified atom stereocenters. The van der Waals surface area contributed by atoms with Gasteiger partial charge in [0.25, 0.3) is 15.9 Å². The van der Waals surface area contributed by atoms with E-state index in [1.807, 2.05) is 0 Å². The molecule has 0 saturated carbocycles. The minimum absolute atomic E-state index is 0.0866. The van der Waals surface area contributed by atoms with Crippen molar-refractivity contribution in [2.45, 2.75) is 11.1 Å². The molecule has 0 bridgehead atoms. The van der Waals surface area contributed by atoms with Crippen LogP contribution in [0.25, 0.3) is 0 Å². The second-order valence-electron chi connectivity index (χ2n) is 6.86. The van der Waals surface area contributed by atoms with E-state index in [9.17, 15) is 18.0 Å². The fourth-order valence-corrected chi connectivity index (χ4v) is 5.09. The zero-order valence-corrected chi connectivity index (χ0v) is 19.4. The Morgan fingerprint density at radius 3 is 2.16 bits per heavy atom. The van der Waals surface area contributed by atoms with Gasteiger partial charge in [-0.1, -0.05) is 6.07 Å². The van der Waals surface area contributed by atoms with Gasteiger partial charge >= 0.3 is 0 Å². The molecule has 3 aromatic rings. The van der Waals surface area contributed by atoms with Gasteiger partial charge < -0.3 is 15.0 Å². The van der Waals surface area contributed by atoms with E-state index in [0.29, 0.717) is 17.1 Å². The van der Waals surface area contributed by atoms with E-state index in [4.69, 9.17) is 4.74 Å². The van der Waals surface area contributed by atoms with Gasteiger partial charge in [-0.05, 0) is 60.0 Å². The summed E-state index contributed by atoms with van der Waals surface area (Å²) in [5.74, 6) is -0.0000822. The fourth-order valence-electron chi connectivity index (χ4n) is 2.73. The Morgan fingerprint density at radius 1 is 0.969 bits per heavy atom. The Morgan fingerprint density at radius 2 is 1.59 bits per heavy atom. The van der Waals surface area contributed by atoms with Crippen LogP contribution in [-0.4, -0.2) is 40.9 Å². The molecular weight excluding hydrogens is 450 g/mol. The molecule has 3 rings (SSSR count). The van der Waals surface area contributed by atoms with E-state index in [-0.39, 0.29) is 22.6 Å². The first-order valence-corrected chi connectivity index (χ1v) is 11.9. The van der Waals surface area contributed by atoms with Gasteiger partial charge in [0.15, 0.2) is 6.61 Å². The maximum Gasteiger partial charge on any atom is 0.273 e. The Balaban J connectivity index is 1.55. The van der Waals surface area contributed by atoms with Crippen molar-refractivity contribution in [1.82, 2.24) is 0 Å². The van der Waals surface area contributed by atoms with Crippen LogP contribution in [0.3, 0.4) is 0 Å². The summed E-state index contributed by atoms with van der Waals surface area (Å²) in [6.45, 7) is 1.26. The quantitative estimate of drug-likeness (QED) is 0.540. The zero-order valence-electron chi connectivity index (χ0n) is 17.8. The molecule has 168 valence electrons. The number of hydrogen-bond donors (Lipinski definition) is 1. The molecule has 0 saturated heterocycles. The third-order valence-electron chi connectivity index (χ3n) is 4.69. The summed E-state index contributed by atoms with van der Waals surface area (Å²) in [7, 11) is -0.455. The lowest BCUT2D eigenvalue weighted by Gasteiger charge is -2.18. The van der Waals surface area contributed by atoms with E-state index < -0.39 is 10.0 Å². The highest BCUT2D eigenvalue weighted by Gasteiger charge is 2.22. The molecule has 1 aromatic heterocycles. The van der Waals surface area contributed by atoms with Crippen LogP contribution in [0.5, 0.6) is 5.75 Å². The van der Waals surface area contributed by atoms with Crippen LogP contribution in [0.1, 0.15) is 6.92 Å². The molecular formula is C22H23N3O5S2. The third kappa shape index (κ3) is 5.45. The van der Waals surface area contributed by atoms with E-state index >= 15 is 0 Å². The summed E-state index contributed by atoms with van der Waals surface area (Å²) >= 11 is 1.16. The molecule has 0 radical (unpaired) electrons. The summed E-state index contributed by atoms with van der Waals surface area (Å²) in [6.07, 6.45) is 0. The lowest BCUT2D eigenvalue weighted by atomic mass is 10.2. The number of carbonyl (C=O) groups excluding carboxylic acids is 2. The van der Waals surface area contributed by atoms with Crippen LogP contribution in [0.2, 0.25) is 0 Å². The Hall–Kier alpha value is -3.37. The molecule has 0 atom stereocenters. The Labute approximate surface area is 191 Å². The lowest BCUT2D eigenvalue weighted by Crippen LogP contribution is -2.25. The standard InChI is InChI=1S/C22H23N3O5S2/c1-16(26)24(2)18-8-6-17(7-9-18)23-21(27)15-30-20-12-10-19(11-13-20)25(3)32(28,29)22-5-4-14-31-22/h4-14H,15H2,1-3H3,(H,23,27). The lowest BCUT2D eigenvalue weighted by molar-refractivity contribution is -0.118. The van der Waals surface area contributed by atoms with Crippen molar-refractivity contribution in [2.75, 3.05) is 35.2 Å². The fraction of sp³-hybridized carbons (Fsp3) is 0.182. The number of nitrogens with zero attached hydrogens (tertiary/aromatic N) is 2. The summed E-state index contributed by atoms with van der Waals surface area (Å²) in [6, 6.07) is 16.6. The van der Waals surface area contributed by atoms with Gasteiger partial charge in [0.05, 0.1) is 5.69 Å². The van der Waals surface area contributed by atoms with E-state index in [1.54, 1.807) is 73.1 Å². The predicted molar refractivity (Wildman–Crippen MR) is 126 cm³/mol. The number of amides is 2. The summed E-state index contributed by atoms with van der Waals surface area (Å²) < 4.78 is 32.1. The van der Waals surface area contributed by atoms with Gasteiger partial charge in [-0.3, -0.25) is 13.9 Å². The highest BCUT2D eigenvalue weighted by Crippen LogP contribution is 2.26. The van der Waals surface area contributed by atoms with Gasteiger partial charge in [-0.2, -0.15) is 0 Å². The van der Waals surface area contributed by atoms with Crippen LogP contribution < -0.4 is 19.3 Å². The topological polar surface area (TPSA) is 96.0 Å². The Kier molecular flexibility index (Phi) is 7.16.